The number of allylic oxidation sites excluding steroid dienone is 1. The molecule has 0 bridgehead atoms. The van der Waals surface area contributed by atoms with E-state index in [0.717, 1.165) is 6.42 Å². The summed E-state index contributed by atoms with van der Waals surface area (Å²) in [7, 11) is 0. The van der Waals surface area contributed by atoms with Gasteiger partial charge in [0.25, 0.3) is 0 Å². The van der Waals surface area contributed by atoms with E-state index in [1.807, 2.05) is 6.08 Å². The van der Waals surface area contributed by atoms with Gasteiger partial charge in [-0.3, -0.25) is 0 Å². The van der Waals surface area contributed by atoms with E-state index in [-0.39, 0.29) is 0 Å². The van der Waals surface area contributed by atoms with Crippen molar-refractivity contribution in [3.8, 4) is 0 Å². The number of carbonyl (C=O) groups is 1. The number of unbranched alkanes of at least 4 members (excludes halogenated alkanes) is 8. The van der Waals surface area contributed by atoms with Gasteiger partial charge in [-0.2, -0.15) is 0 Å². The Balaban J connectivity index is 3.12. The lowest BCUT2D eigenvalue weighted by molar-refractivity contribution is -0.132. The van der Waals surface area contributed by atoms with Gasteiger partial charge in [-0.15, -0.1) is 0 Å². The predicted molar refractivity (Wildman–Crippen MR) is 72.7 cm³/mol. The van der Waals surface area contributed by atoms with Crippen LogP contribution in [0.2, 0.25) is 0 Å². The molecule has 0 aromatic rings. The van der Waals surface area contributed by atoms with Crippen LogP contribution in [0.5, 0.6) is 0 Å². The molecule has 0 fully saturated rings. The standard InChI is InChI=1S/C15H26O2/c1-3-5-6-7-8-9-10-11-12-13-14-17-15(16)4-2/h4,13-14H,2-3,5-12H2,1H3/b14-13+. The quantitative estimate of drug-likeness (QED) is 0.224. The van der Waals surface area contributed by atoms with Crippen LogP contribution in [0.4, 0.5) is 0 Å². The highest BCUT2D eigenvalue weighted by Gasteiger charge is 1.91. The summed E-state index contributed by atoms with van der Waals surface area (Å²) in [6.07, 6.45) is 16.1. The Morgan fingerprint density at radius 2 is 1.65 bits per heavy atom. The molecule has 0 amide bonds. The Hall–Kier alpha value is -1.05. The molecule has 2 nitrogen and oxygen atoms in total. The molecule has 0 saturated carbocycles. The topological polar surface area (TPSA) is 26.3 Å². The van der Waals surface area contributed by atoms with E-state index in [1.54, 1.807) is 0 Å². The second-order valence-electron chi connectivity index (χ2n) is 4.28. The van der Waals surface area contributed by atoms with Crippen molar-refractivity contribution in [2.75, 3.05) is 0 Å². The Morgan fingerprint density at radius 3 is 2.24 bits per heavy atom. The van der Waals surface area contributed by atoms with Gasteiger partial charge in [0.15, 0.2) is 0 Å². The molecule has 98 valence electrons. The first-order valence-electron chi connectivity index (χ1n) is 6.79. The molecular formula is C15H26O2. The van der Waals surface area contributed by atoms with Crippen LogP contribution in [-0.4, -0.2) is 5.97 Å². The molecule has 0 aromatic heterocycles. The molecule has 0 saturated heterocycles. The third kappa shape index (κ3) is 12.9. The molecule has 0 aliphatic rings. The summed E-state index contributed by atoms with van der Waals surface area (Å²) in [6, 6.07) is 0. The molecule has 0 aliphatic heterocycles. The Bertz CT molecular complexity index is 219. The molecule has 0 rings (SSSR count). The van der Waals surface area contributed by atoms with E-state index < -0.39 is 5.97 Å². The molecular weight excluding hydrogens is 212 g/mol. The number of ether oxygens (including phenoxy) is 1. The summed E-state index contributed by atoms with van der Waals surface area (Å²) in [6.45, 7) is 5.56. The fraction of sp³-hybridized carbons (Fsp3) is 0.667. The van der Waals surface area contributed by atoms with Crippen LogP contribution in [0, 0.1) is 0 Å². The molecule has 0 spiro atoms. The number of esters is 1. The molecule has 0 unspecified atom stereocenters. The van der Waals surface area contributed by atoms with E-state index in [2.05, 4.69) is 13.5 Å². The highest BCUT2D eigenvalue weighted by Crippen LogP contribution is 2.09. The van der Waals surface area contributed by atoms with E-state index in [4.69, 9.17) is 4.74 Å². The van der Waals surface area contributed by atoms with E-state index >= 15 is 0 Å². The lowest BCUT2D eigenvalue weighted by atomic mass is 10.1. The molecule has 0 aromatic carbocycles. The van der Waals surface area contributed by atoms with Crippen molar-refractivity contribution < 1.29 is 9.53 Å². The molecule has 17 heavy (non-hydrogen) atoms. The Morgan fingerprint density at radius 1 is 1.06 bits per heavy atom. The summed E-state index contributed by atoms with van der Waals surface area (Å²) < 4.78 is 4.73. The van der Waals surface area contributed by atoms with Crippen LogP contribution in [0.3, 0.4) is 0 Å². The van der Waals surface area contributed by atoms with Crippen molar-refractivity contribution in [2.45, 2.75) is 64.7 Å². The maximum Gasteiger partial charge on any atom is 0.334 e. The minimum atomic E-state index is -0.392. The van der Waals surface area contributed by atoms with Crippen LogP contribution >= 0.6 is 0 Å². The van der Waals surface area contributed by atoms with Gasteiger partial charge >= 0.3 is 5.97 Å². The highest BCUT2D eigenvalue weighted by atomic mass is 16.5. The van der Waals surface area contributed by atoms with Gasteiger partial charge in [0.1, 0.15) is 0 Å². The number of hydrogen-bond donors (Lipinski definition) is 0. The zero-order chi connectivity index (χ0) is 12.8. The highest BCUT2D eigenvalue weighted by molar-refractivity contribution is 5.81. The zero-order valence-corrected chi connectivity index (χ0v) is 11.1. The van der Waals surface area contributed by atoms with Gasteiger partial charge in [0.05, 0.1) is 6.26 Å². The summed E-state index contributed by atoms with van der Waals surface area (Å²) in [5.41, 5.74) is 0. The second-order valence-corrected chi connectivity index (χ2v) is 4.28. The second kappa shape index (κ2) is 13.0. The minimum Gasteiger partial charge on any atom is -0.432 e. The lowest BCUT2D eigenvalue weighted by Gasteiger charge is -1.99. The average Bonchev–Trinajstić information content (AvgIpc) is 2.35. The Kier molecular flexibility index (Phi) is 12.2. The van der Waals surface area contributed by atoms with Crippen LogP contribution in [0.15, 0.2) is 25.0 Å². The number of hydrogen-bond acceptors (Lipinski definition) is 2. The fourth-order valence-corrected chi connectivity index (χ4v) is 1.63. The van der Waals surface area contributed by atoms with Crippen molar-refractivity contribution in [3.63, 3.8) is 0 Å². The smallest absolute Gasteiger partial charge is 0.334 e. The summed E-state index contributed by atoms with van der Waals surface area (Å²) >= 11 is 0. The van der Waals surface area contributed by atoms with Crippen LogP contribution < -0.4 is 0 Å². The van der Waals surface area contributed by atoms with Gasteiger partial charge in [0, 0.05) is 6.08 Å². The van der Waals surface area contributed by atoms with E-state index in [1.165, 1.54) is 63.7 Å². The summed E-state index contributed by atoms with van der Waals surface area (Å²) in [5, 5.41) is 0. The van der Waals surface area contributed by atoms with E-state index in [0.29, 0.717) is 0 Å². The average molecular weight is 238 g/mol. The maximum absolute atomic E-state index is 10.7. The van der Waals surface area contributed by atoms with Crippen LogP contribution in [0.1, 0.15) is 64.7 Å². The van der Waals surface area contributed by atoms with Gasteiger partial charge in [-0.05, 0) is 18.9 Å². The molecule has 0 radical (unpaired) electrons. The number of carbonyl (C=O) groups excluding carboxylic acids is 1. The van der Waals surface area contributed by atoms with Crippen LogP contribution in [-0.2, 0) is 9.53 Å². The SMILES string of the molecule is C=CC(=O)O/C=C/CCCCCCCCCC. The summed E-state index contributed by atoms with van der Waals surface area (Å²) in [5.74, 6) is -0.392. The minimum absolute atomic E-state index is 0.392. The van der Waals surface area contributed by atoms with Gasteiger partial charge < -0.3 is 4.74 Å². The molecule has 0 atom stereocenters. The Labute approximate surface area is 106 Å². The van der Waals surface area contributed by atoms with Crippen molar-refractivity contribution in [1.29, 1.82) is 0 Å². The number of rotatable bonds is 11. The fourth-order valence-electron chi connectivity index (χ4n) is 1.63. The predicted octanol–water partition coefficient (Wildman–Crippen LogP) is 4.76. The summed E-state index contributed by atoms with van der Waals surface area (Å²) in [4.78, 5) is 10.7. The monoisotopic (exact) mass is 238 g/mol. The lowest BCUT2D eigenvalue weighted by Crippen LogP contribution is -1.91. The molecule has 0 heterocycles. The van der Waals surface area contributed by atoms with Crippen molar-refractivity contribution in [1.82, 2.24) is 0 Å². The van der Waals surface area contributed by atoms with Crippen molar-refractivity contribution in [2.24, 2.45) is 0 Å². The van der Waals surface area contributed by atoms with Gasteiger partial charge in [-0.25, -0.2) is 4.79 Å². The van der Waals surface area contributed by atoms with E-state index in [9.17, 15) is 4.79 Å². The first-order chi connectivity index (χ1) is 8.31. The largest absolute Gasteiger partial charge is 0.432 e. The van der Waals surface area contributed by atoms with Crippen molar-refractivity contribution >= 4 is 5.97 Å². The maximum atomic E-state index is 10.7. The molecule has 2 heteroatoms. The van der Waals surface area contributed by atoms with Crippen LogP contribution in [0.25, 0.3) is 0 Å². The first kappa shape index (κ1) is 16.0. The normalized spacial score (nSPS) is 10.6. The van der Waals surface area contributed by atoms with Gasteiger partial charge in [0.2, 0.25) is 0 Å². The molecule has 0 aliphatic carbocycles. The third-order valence-corrected chi connectivity index (χ3v) is 2.67. The van der Waals surface area contributed by atoms with Gasteiger partial charge in [-0.1, -0.05) is 58.4 Å². The molecule has 0 N–H and O–H groups in total. The third-order valence-electron chi connectivity index (χ3n) is 2.67. The first-order valence-corrected chi connectivity index (χ1v) is 6.79. The van der Waals surface area contributed by atoms with Crippen molar-refractivity contribution in [3.05, 3.63) is 25.0 Å². The zero-order valence-electron chi connectivity index (χ0n) is 11.1.